The normalized spacial score (nSPS) is 17.9. The zero-order valence-electron chi connectivity index (χ0n) is 22.2. The number of ketones is 2. The summed E-state index contributed by atoms with van der Waals surface area (Å²) in [5, 5.41) is 1.40. The lowest BCUT2D eigenvalue weighted by atomic mass is 9.71. The molecule has 1 heterocycles. The molecule has 1 aliphatic heterocycles. The highest BCUT2D eigenvalue weighted by atomic mass is 35.5. The summed E-state index contributed by atoms with van der Waals surface area (Å²) in [6, 6.07) is 8.93. The van der Waals surface area contributed by atoms with Gasteiger partial charge in [-0.3, -0.25) is 9.59 Å². The molecule has 2 aromatic rings. The number of carbonyl (C=O) groups excluding carboxylic acids is 2. The highest BCUT2D eigenvalue weighted by Gasteiger charge is 2.43. The number of ether oxygens (including phenoxy) is 2. The molecule has 39 heavy (non-hydrogen) atoms. The number of halogens is 3. The van der Waals surface area contributed by atoms with Crippen LogP contribution >= 0.6 is 34.8 Å². The number of Topliss-reactive ketones (excluding diaryl/α,β-unsaturated/α-hetero) is 2. The number of nitrogens with zero attached hydrogens (tertiary/aromatic N) is 1. The summed E-state index contributed by atoms with van der Waals surface area (Å²) in [5.74, 6) is 0.625. The van der Waals surface area contributed by atoms with E-state index in [1.165, 1.54) is 0 Å². The average Bonchev–Trinajstić information content (AvgIpc) is 2.90. The zero-order chi connectivity index (χ0) is 27.7. The maximum atomic E-state index is 13.5. The fourth-order valence-corrected chi connectivity index (χ4v) is 6.73. The van der Waals surface area contributed by atoms with Gasteiger partial charge in [0.2, 0.25) is 0 Å². The first kappa shape index (κ1) is 28.1. The van der Waals surface area contributed by atoms with Crippen LogP contribution in [0.3, 0.4) is 0 Å². The molecule has 0 N–H and O–H groups in total. The van der Waals surface area contributed by atoms with Crippen LogP contribution < -0.4 is 9.47 Å². The van der Waals surface area contributed by atoms with Crippen LogP contribution in [-0.4, -0.2) is 29.6 Å². The summed E-state index contributed by atoms with van der Waals surface area (Å²) in [4.78, 5) is 29.3. The molecule has 0 spiro atoms. The smallest absolute Gasteiger partial charge is 0.180 e. The molecule has 3 aliphatic rings. The minimum Gasteiger partial charge on any atom is -0.490 e. The number of carbonyl (C=O) groups is 2. The van der Waals surface area contributed by atoms with Crippen molar-refractivity contribution in [2.24, 2.45) is 0 Å². The van der Waals surface area contributed by atoms with Gasteiger partial charge in [-0.2, -0.15) is 0 Å². The predicted octanol–water partition coefficient (Wildman–Crippen LogP) is 8.45. The number of rotatable bonds is 8. The lowest BCUT2D eigenvalue weighted by Gasteiger charge is -2.44. The Bertz CT molecular complexity index is 1340. The van der Waals surface area contributed by atoms with Crippen molar-refractivity contribution in [2.45, 2.75) is 71.3 Å². The second-order valence-corrected chi connectivity index (χ2v) is 11.4. The molecule has 0 radical (unpaired) electrons. The Balaban J connectivity index is 1.60. The van der Waals surface area contributed by atoms with Gasteiger partial charge in [0, 0.05) is 63.5 Å². The summed E-state index contributed by atoms with van der Waals surface area (Å²) in [5.41, 5.74) is 5.16. The largest absolute Gasteiger partial charge is 0.490 e. The third kappa shape index (κ3) is 5.46. The predicted molar refractivity (Wildman–Crippen MR) is 155 cm³/mol. The minimum absolute atomic E-state index is 0.110. The summed E-state index contributed by atoms with van der Waals surface area (Å²) in [6.07, 6.45) is 5.22. The van der Waals surface area contributed by atoms with E-state index >= 15 is 0 Å². The van der Waals surface area contributed by atoms with Crippen molar-refractivity contribution in [2.75, 3.05) is 13.2 Å². The van der Waals surface area contributed by atoms with Crippen molar-refractivity contribution < 1.29 is 19.1 Å². The Morgan fingerprint density at radius 3 is 2.10 bits per heavy atom. The minimum atomic E-state index is -0.458. The van der Waals surface area contributed by atoms with E-state index in [2.05, 4.69) is 11.8 Å². The second-order valence-electron chi connectivity index (χ2n) is 10.1. The standard InChI is InChI=1S/C31H32Cl3NO4/c1-3-13-35-23-7-5-9-25(36)29(23)28(30-24(35)8-6-10-26(30)37)19-14-22(34)31(27(15-19)38-4-2)39-17-18-11-12-20(32)16-21(18)33/h11-12,14-16,28H,3-10,13,17H2,1-2H3. The first-order valence-electron chi connectivity index (χ1n) is 13.7. The van der Waals surface area contributed by atoms with Crippen molar-refractivity contribution in [3.8, 4) is 11.5 Å². The summed E-state index contributed by atoms with van der Waals surface area (Å²) in [6.45, 7) is 5.39. The third-order valence-electron chi connectivity index (χ3n) is 7.59. The van der Waals surface area contributed by atoms with E-state index in [4.69, 9.17) is 44.3 Å². The van der Waals surface area contributed by atoms with Crippen molar-refractivity contribution in [1.82, 2.24) is 4.90 Å². The molecular formula is C31H32Cl3NO4. The monoisotopic (exact) mass is 587 g/mol. The van der Waals surface area contributed by atoms with Gasteiger partial charge in [-0.25, -0.2) is 0 Å². The van der Waals surface area contributed by atoms with Gasteiger partial charge in [0.25, 0.3) is 0 Å². The van der Waals surface area contributed by atoms with Crippen molar-refractivity contribution >= 4 is 46.4 Å². The highest BCUT2D eigenvalue weighted by molar-refractivity contribution is 6.35. The molecule has 5 nitrogen and oxygen atoms in total. The van der Waals surface area contributed by atoms with Crippen LogP contribution in [0.15, 0.2) is 52.9 Å². The quantitative estimate of drug-likeness (QED) is 0.310. The average molecular weight is 589 g/mol. The van der Waals surface area contributed by atoms with Gasteiger partial charge in [-0.15, -0.1) is 0 Å². The van der Waals surface area contributed by atoms with E-state index in [0.29, 0.717) is 46.0 Å². The van der Waals surface area contributed by atoms with Gasteiger partial charge < -0.3 is 14.4 Å². The Labute approximate surface area is 244 Å². The second kappa shape index (κ2) is 12.0. The number of benzene rings is 2. The van der Waals surface area contributed by atoms with Crippen LogP contribution in [0.2, 0.25) is 15.1 Å². The molecule has 8 heteroatoms. The van der Waals surface area contributed by atoms with Gasteiger partial charge in [-0.1, -0.05) is 47.8 Å². The molecule has 0 aromatic heterocycles. The zero-order valence-corrected chi connectivity index (χ0v) is 24.5. The maximum Gasteiger partial charge on any atom is 0.180 e. The van der Waals surface area contributed by atoms with Crippen molar-refractivity contribution in [3.05, 3.63) is 79.1 Å². The van der Waals surface area contributed by atoms with Crippen LogP contribution in [0.5, 0.6) is 11.5 Å². The molecule has 0 fully saturated rings. The summed E-state index contributed by atoms with van der Waals surface area (Å²) in [7, 11) is 0. The molecule has 206 valence electrons. The molecule has 2 aromatic carbocycles. The van der Waals surface area contributed by atoms with Gasteiger partial charge in [0.15, 0.2) is 23.1 Å². The fraction of sp³-hybridized carbons (Fsp3) is 0.419. The van der Waals surface area contributed by atoms with Crippen LogP contribution in [0, 0.1) is 0 Å². The number of allylic oxidation sites excluding steroid dienone is 4. The molecule has 0 bridgehead atoms. The van der Waals surface area contributed by atoms with E-state index in [-0.39, 0.29) is 18.2 Å². The SMILES string of the molecule is CCCN1C2=C(C(=O)CCC2)C(c2cc(Cl)c(OCc3ccc(Cl)cc3Cl)c(OCC)c2)C2=C1CCCC2=O. The van der Waals surface area contributed by atoms with Gasteiger partial charge in [0.1, 0.15) is 6.61 Å². The van der Waals surface area contributed by atoms with Crippen molar-refractivity contribution in [3.63, 3.8) is 0 Å². The van der Waals surface area contributed by atoms with Gasteiger partial charge in [0.05, 0.1) is 11.6 Å². The van der Waals surface area contributed by atoms with Crippen LogP contribution in [0.1, 0.15) is 75.8 Å². The highest BCUT2D eigenvalue weighted by Crippen LogP contribution is 2.51. The molecule has 2 aliphatic carbocycles. The Morgan fingerprint density at radius 1 is 0.846 bits per heavy atom. The number of hydrogen-bond acceptors (Lipinski definition) is 5. The molecule has 0 unspecified atom stereocenters. The van der Waals surface area contributed by atoms with Gasteiger partial charge in [-0.05, 0) is 68.9 Å². The van der Waals surface area contributed by atoms with Crippen LogP contribution in [0.25, 0.3) is 0 Å². The molecular weight excluding hydrogens is 557 g/mol. The molecule has 0 atom stereocenters. The number of hydrogen-bond donors (Lipinski definition) is 0. The first-order valence-corrected chi connectivity index (χ1v) is 14.8. The summed E-state index contributed by atoms with van der Waals surface area (Å²) < 4.78 is 12.1. The van der Waals surface area contributed by atoms with Crippen molar-refractivity contribution in [1.29, 1.82) is 0 Å². The lowest BCUT2D eigenvalue weighted by molar-refractivity contribution is -0.117. The summed E-state index contributed by atoms with van der Waals surface area (Å²) >= 11 is 19.2. The van der Waals surface area contributed by atoms with E-state index in [1.807, 2.05) is 25.1 Å². The molecule has 5 rings (SSSR count). The Kier molecular flexibility index (Phi) is 8.60. The van der Waals surface area contributed by atoms with E-state index in [9.17, 15) is 9.59 Å². The van der Waals surface area contributed by atoms with Crippen LogP contribution in [-0.2, 0) is 16.2 Å². The maximum absolute atomic E-state index is 13.5. The van der Waals surface area contributed by atoms with Crippen LogP contribution in [0.4, 0.5) is 0 Å². The van der Waals surface area contributed by atoms with E-state index in [0.717, 1.165) is 72.3 Å². The first-order chi connectivity index (χ1) is 18.8. The van der Waals surface area contributed by atoms with E-state index < -0.39 is 5.92 Å². The molecule has 0 amide bonds. The Morgan fingerprint density at radius 2 is 1.51 bits per heavy atom. The van der Waals surface area contributed by atoms with Gasteiger partial charge >= 0.3 is 0 Å². The molecule has 0 saturated carbocycles. The topological polar surface area (TPSA) is 55.8 Å². The Hall–Kier alpha value is -2.47. The lowest BCUT2D eigenvalue weighted by Crippen LogP contribution is -2.39. The third-order valence-corrected chi connectivity index (χ3v) is 8.45. The molecule has 0 saturated heterocycles. The van der Waals surface area contributed by atoms with E-state index in [1.54, 1.807) is 12.1 Å². The fourth-order valence-electron chi connectivity index (χ4n) is 5.99.